The van der Waals surface area contributed by atoms with Crippen molar-refractivity contribution in [3.63, 3.8) is 0 Å². The lowest BCUT2D eigenvalue weighted by molar-refractivity contribution is -0.140. The van der Waals surface area contributed by atoms with Gasteiger partial charge < -0.3 is 24.7 Å². The Hall–Kier alpha value is -3.28. The van der Waals surface area contributed by atoms with E-state index in [0.29, 0.717) is 16.8 Å². The fourth-order valence-corrected chi connectivity index (χ4v) is 3.48. The maximum atomic E-state index is 12.8. The minimum Gasteiger partial charge on any atom is -0.497 e. The molecule has 0 amide bonds. The standard InChI is InChI=1S/C21H20ClN3O5/c1-11-17(21(26)29-7-6-27-2)18(15(10-23)20(24)30-11)14-8-12-4-5-13(28-3)9-16(12)25-19(14)22/h4-5,8-9,18H,6-7,24H2,1-3H3. The van der Waals surface area contributed by atoms with Crippen LogP contribution in [0.1, 0.15) is 18.4 Å². The number of esters is 1. The van der Waals surface area contributed by atoms with Gasteiger partial charge in [0.1, 0.15) is 34.9 Å². The summed E-state index contributed by atoms with van der Waals surface area (Å²) >= 11 is 6.49. The van der Waals surface area contributed by atoms with E-state index in [1.54, 1.807) is 32.2 Å². The number of benzene rings is 1. The normalized spacial score (nSPS) is 16.3. The van der Waals surface area contributed by atoms with Crippen molar-refractivity contribution in [3.05, 3.63) is 57.8 Å². The van der Waals surface area contributed by atoms with Gasteiger partial charge in [0.05, 0.1) is 30.7 Å². The Morgan fingerprint density at radius 2 is 2.10 bits per heavy atom. The summed E-state index contributed by atoms with van der Waals surface area (Å²) in [5.41, 5.74) is 7.17. The molecule has 0 bridgehead atoms. The molecule has 0 radical (unpaired) electrons. The van der Waals surface area contributed by atoms with Crippen LogP contribution in [-0.4, -0.2) is 38.4 Å². The van der Waals surface area contributed by atoms with Gasteiger partial charge in [-0.1, -0.05) is 11.6 Å². The largest absolute Gasteiger partial charge is 0.497 e. The molecule has 2 aromatic rings. The fraction of sp³-hybridized carbons (Fsp3) is 0.286. The average molecular weight is 430 g/mol. The second-order valence-corrected chi connectivity index (χ2v) is 6.81. The summed E-state index contributed by atoms with van der Waals surface area (Å²) in [5, 5.41) is 10.6. The molecule has 1 aromatic heterocycles. The van der Waals surface area contributed by atoms with Crippen LogP contribution in [0.3, 0.4) is 0 Å². The molecule has 9 heteroatoms. The minimum atomic E-state index is -0.884. The molecule has 3 rings (SSSR count). The number of nitriles is 1. The van der Waals surface area contributed by atoms with E-state index in [1.807, 2.05) is 12.1 Å². The van der Waals surface area contributed by atoms with Gasteiger partial charge in [0.15, 0.2) is 0 Å². The molecule has 2 heterocycles. The molecule has 2 N–H and O–H groups in total. The van der Waals surface area contributed by atoms with Crippen LogP contribution in [0.15, 0.2) is 47.1 Å². The number of nitrogens with zero attached hydrogens (tertiary/aromatic N) is 2. The van der Waals surface area contributed by atoms with Crippen LogP contribution in [0, 0.1) is 11.3 Å². The number of carbonyl (C=O) groups excluding carboxylic acids is 1. The second kappa shape index (κ2) is 9.03. The Bertz CT molecular complexity index is 1100. The van der Waals surface area contributed by atoms with Crippen molar-refractivity contribution in [2.75, 3.05) is 27.4 Å². The van der Waals surface area contributed by atoms with Crippen molar-refractivity contribution in [2.24, 2.45) is 5.73 Å². The van der Waals surface area contributed by atoms with E-state index in [2.05, 4.69) is 4.98 Å². The Balaban J connectivity index is 2.15. The second-order valence-electron chi connectivity index (χ2n) is 6.45. The maximum absolute atomic E-state index is 12.8. The summed E-state index contributed by atoms with van der Waals surface area (Å²) in [7, 11) is 3.05. The summed E-state index contributed by atoms with van der Waals surface area (Å²) in [5.74, 6) is -0.778. The number of methoxy groups -OCH3 is 2. The molecule has 0 aliphatic carbocycles. The highest BCUT2D eigenvalue weighted by atomic mass is 35.5. The lowest BCUT2D eigenvalue weighted by Gasteiger charge is -2.27. The van der Waals surface area contributed by atoms with Gasteiger partial charge in [-0.05, 0) is 25.1 Å². The monoisotopic (exact) mass is 429 g/mol. The number of allylic oxidation sites excluding steroid dienone is 2. The van der Waals surface area contributed by atoms with Crippen molar-refractivity contribution < 1.29 is 23.7 Å². The number of ether oxygens (including phenoxy) is 4. The van der Waals surface area contributed by atoms with Crippen molar-refractivity contribution in [1.82, 2.24) is 4.98 Å². The summed E-state index contributed by atoms with van der Waals surface area (Å²) in [6.07, 6.45) is 0. The first-order valence-electron chi connectivity index (χ1n) is 8.99. The smallest absolute Gasteiger partial charge is 0.338 e. The molecule has 156 valence electrons. The van der Waals surface area contributed by atoms with E-state index in [9.17, 15) is 10.1 Å². The molecule has 1 aliphatic heterocycles. The van der Waals surface area contributed by atoms with Gasteiger partial charge in [0.25, 0.3) is 0 Å². The van der Waals surface area contributed by atoms with Crippen LogP contribution in [0.4, 0.5) is 0 Å². The number of halogens is 1. The molecular weight excluding hydrogens is 410 g/mol. The zero-order valence-corrected chi connectivity index (χ0v) is 17.4. The van der Waals surface area contributed by atoms with Crippen molar-refractivity contribution in [1.29, 1.82) is 5.26 Å². The van der Waals surface area contributed by atoms with Gasteiger partial charge in [-0.25, -0.2) is 9.78 Å². The number of aromatic nitrogens is 1. The Morgan fingerprint density at radius 3 is 2.77 bits per heavy atom. The first-order chi connectivity index (χ1) is 14.4. The lowest BCUT2D eigenvalue weighted by Crippen LogP contribution is -2.26. The molecule has 0 fully saturated rings. The number of hydrogen-bond donors (Lipinski definition) is 1. The lowest BCUT2D eigenvalue weighted by atomic mass is 9.83. The average Bonchev–Trinajstić information content (AvgIpc) is 2.72. The van der Waals surface area contributed by atoms with Crippen LogP contribution >= 0.6 is 11.6 Å². The Labute approximate surface area is 178 Å². The van der Waals surface area contributed by atoms with E-state index in [4.69, 9.17) is 36.3 Å². The molecule has 30 heavy (non-hydrogen) atoms. The zero-order chi connectivity index (χ0) is 21.8. The highest BCUT2D eigenvalue weighted by molar-refractivity contribution is 6.30. The molecule has 1 atom stereocenters. The number of hydrogen-bond acceptors (Lipinski definition) is 8. The van der Waals surface area contributed by atoms with Gasteiger partial charge in [-0.15, -0.1) is 0 Å². The third-order valence-corrected chi connectivity index (χ3v) is 4.97. The number of carbonyl (C=O) groups is 1. The maximum Gasteiger partial charge on any atom is 0.338 e. The number of rotatable bonds is 6. The van der Waals surface area contributed by atoms with Crippen molar-refractivity contribution >= 4 is 28.5 Å². The molecular formula is C21H20ClN3O5. The first kappa shape index (κ1) is 21.4. The number of nitrogens with two attached hydrogens (primary N) is 1. The molecule has 1 aliphatic rings. The van der Waals surface area contributed by atoms with E-state index >= 15 is 0 Å². The van der Waals surface area contributed by atoms with Crippen molar-refractivity contribution in [3.8, 4) is 11.8 Å². The topological polar surface area (TPSA) is 117 Å². The first-order valence-corrected chi connectivity index (χ1v) is 9.37. The molecule has 0 saturated carbocycles. The van der Waals surface area contributed by atoms with Gasteiger partial charge in [-0.2, -0.15) is 5.26 Å². The molecule has 0 saturated heterocycles. The third kappa shape index (κ3) is 4.03. The van der Waals surface area contributed by atoms with Gasteiger partial charge in [0.2, 0.25) is 5.88 Å². The fourth-order valence-electron chi connectivity index (χ4n) is 3.22. The number of fused-ring (bicyclic) bond motifs is 1. The molecule has 0 spiro atoms. The molecule has 1 aromatic carbocycles. The van der Waals surface area contributed by atoms with Crippen molar-refractivity contribution in [2.45, 2.75) is 12.8 Å². The van der Waals surface area contributed by atoms with E-state index < -0.39 is 11.9 Å². The molecule has 1 unspecified atom stereocenters. The van der Waals surface area contributed by atoms with E-state index in [-0.39, 0.29) is 41.2 Å². The van der Waals surface area contributed by atoms with Crippen LogP contribution < -0.4 is 10.5 Å². The van der Waals surface area contributed by atoms with Crippen LogP contribution in [0.2, 0.25) is 5.15 Å². The highest BCUT2D eigenvalue weighted by Crippen LogP contribution is 2.42. The quantitative estimate of drug-likeness (QED) is 0.422. The minimum absolute atomic E-state index is 0.0451. The summed E-state index contributed by atoms with van der Waals surface area (Å²) in [6.45, 7) is 1.85. The van der Waals surface area contributed by atoms with Crippen LogP contribution in [0.5, 0.6) is 5.75 Å². The van der Waals surface area contributed by atoms with Crippen LogP contribution in [-0.2, 0) is 19.0 Å². The SMILES string of the molecule is COCCOC(=O)C1=C(C)OC(N)=C(C#N)C1c1cc2ccc(OC)cc2nc1Cl. The summed E-state index contributed by atoms with van der Waals surface area (Å²) < 4.78 is 20.9. The zero-order valence-electron chi connectivity index (χ0n) is 16.7. The van der Waals surface area contributed by atoms with Crippen LogP contribution in [0.25, 0.3) is 10.9 Å². The Morgan fingerprint density at radius 1 is 1.33 bits per heavy atom. The Kier molecular flexibility index (Phi) is 6.45. The van der Waals surface area contributed by atoms with Gasteiger partial charge in [0, 0.05) is 24.1 Å². The van der Waals surface area contributed by atoms with E-state index in [0.717, 1.165) is 5.39 Å². The summed E-state index contributed by atoms with van der Waals surface area (Å²) in [4.78, 5) is 17.2. The number of pyridine rings is 1. The predicted octanol–water partition coefficient (Wildman–Crippen LogP) is 3.17. The third-order valence-electron chi connectivity index (χ3n) is 4.66. The van der Waals surface area contributed by atoms with Gasteiger partial charge >= 0.3 is 5.97 Å². The van der Waals surface area contributed by atoms with E-state index in [1.165, 1.54) is 7.11 Å². The van der Waals surface area contributed by atoms with Gasteiger partial charge in [-0.3, -0.25) is 0 Å². The predicted molar refractivity (Wildman–Crippen MR) is 109 cm³/mol. The molecule has 8 nitrogen and oxygen atoms in total. The highest BCUT2D eigenvalue weighted by Gasteiger charge is 2.38. The summed E-state index contributed by atoms with van der Waals surface area (Å²) in [6, 6.07) is 9.12.